The van der Waals surface area contributed by atoms with E-state index in [9.17, 15) is 0 Å². The van der Waals surface area contributed by atoms with Gasteiger partial charge in [0.05, 0.1) is 0 Å². The van der Waals surface area contributed by atoms with Crippen LogP contribution in [-0.2, 0) is 6.42 Å². The number of aromatic nitrogens is 2. The van der Waals surface area contributed by atoms with Gasteiger partial charge in [-0.3, -0.25) is 0 Å². The minimum atomic E-state index is 0.364. The first-order valence-corrected chi connectivity index (χ1v) is 8.93. The largest absolute Gasteiger partial charge is 0.362 e. The van der Waals surface area contributed by atoms with Crippen molar-refractivity contribution in [2.75, 3.05) is 17.2 Å². The van der Waals surface area contributed by atoms with Crippen LogP contribution in [0.15, 0.2) is 66.7 Å². The molecule has 0 amide bonds. The number of halogens is 1. The molecule has 2 aromatic carbocycles. The summed E-state index contributed by atoms with van der Waals surface area (Å²) in [6, 6.07) is 21.5. The summed E-state index contributed by atoms with van der Waals surface area (Å²) in [5.74, 6) is 0.633. The molecule has 5 nitrogen and oxygen atoms in total. The van der Waals surface area contributed by atoms with E-state index in [0.29, 0.717) is 16.1 Å². The fourth-order valence-electron chi connectivity index (χ4n) is 2.31. The molecule has 3 rings (SSSR count). The van der Waals surface area contributed by atoms with Crippen LogP contribution in [0.1, 0.15) is 5.56 Å². The zero-order chi connectivity index (χ0) is 18.2. The van der Waals surface area contributed by atoms with E-state index in [-0.39, 0.29) is 0 Å². The number of nitrogens with one attached hydrogen (secondary N) is 3. The minimum absolute atomic E-state index is 0.364. The van der Waals surface area contributed by atoms with Crippen LogP contribution in [0.4, 0.5) is 17.2 Å². The Labute approximate surface area is 162 Å². The number of nitrogens with zero attached hydrogens (tertiary/aromatic N) is 2. The third kappa shape index (κ3) is 5.68. The fraction of sp³-hybridized carbons (Fsp3) is 0.105. The van der Waals surface area contributed by atoms with E-state index in [0.717, 1.165) is 24.3 Å². The molecule has 26 heavy (non-hydrogen) atoms. The summed E-state index contributed by atoms with van der Waals surface area (Å²) in [4.78, 5) is 0. The highest BCUT2D eigenvalue weighted by atomic mass is 35.5. The van der Waals surface area contributed by atoms with Crippen molar-refractivity contribution in [1.29, 1.82) is 0 Å². The number of thiocarbonyl (C=S) groups is 1. The molecular formula is C19H18ClN5S. The Balaban J connectivity index is 1.46. The molecule has 0 spiro atoms. The average Bonchev–Trinajstić information content (AvgIpc) is 2.66. The number of rotatable bonds is 6. The van der Waals surface area contributed by atoms with Crippen LogP contribution in [-0.4, -0.2) is 21.9 Å². The van der Waals surface area contributed by atoms with Crippen LogP contribution in [0, 0.1) is 0 Å². The smallest absolute Gasteiger partial charge is 0.170 e. The molecule has 0 radical (unpaired) electrons. The van der Waals surface area contributed by atoms with Gasteiger partial charge in [-0.05, 0) is 60.6 Å². The lowest BCUT2D eigenvalue weighted by molar-refractivity contribution is 0.873. The quantitative estimate of drug-likeness (QED) is 0.548. The third-order valence-corrected chi connectivity index (χ3v) is 4.04. The van der Waals surface area contributed by atoms with Gasteiger partial charge >= 0.3 is 0 Å². The van der Waals surface area contributed by atoms with E-state index < -0.39 is 0 Å². The normalized spacial score (nSPS) is 10.2. The third-order valence-electron chi connectivity index (χ3n) is 3.59. The summed E-state index contributed by atoms with van der Waals surface area (Å²) in [7, 11) is 0. The summed E-state index contributed by atoms with van der Waals surface area (Å²) in [5, 5.41) is 18.3. The maximum atomic E-state index is 5.73. The van der Waals surface area contributed by atoms with Gasteiger partial charge in [-0.2, -0.15) is 0 Å². The first-order valence-electron chi connectivity index (χ1n) is 8.14. The standard InChI is InChI=1S/C19H18ClN5S/c20-17-10-11-18(25-24-17)22-15-6-8-16(9-7-15)23-19(26)21-13-12-14-4-2-1-3-5-14/h1-11H,12-13H2,(H,22,25)(H2,21,23,26). The Morgan fingerprint density at radius 3 is 2.31 bits per heavy atom. The number of hydrogen-bond donors (Lipinski definition) is 3. The van der Waals surface area contributed by atoms with E-state index in [4.69, 9.17) is 23.8 Å². The van der Waals surface area contributed by atoms with Gasteiger partial charge in [0.25, 0.3) is 0 Å². The van der Waals surface area contributed by atoms with Crippen molar-refractivity contribution in [1.82, 2.24) is 15.5 Å². The van der Waals surface area contributed by atoms with Gasteiger partial charge in [0, 0.05) is 17.9 Å². The summed E-state index contributed by atoms with van der Waals surface area (Å²) in [5.41, 5.74) is 3.09. The lowest BCUT2D eigenvalue weighted by Gasteiger charge is -2.11. The van der Waals surface area contributed by atoms with Crippen LogP contribution in [0.25, 0.3) is 0 Å². The van der Waals surface area contributed by atoms with Crippen molar-refractivity contribution < 1.29 is 0 Å². The molecular weight excluding hydrogens is 366 g/mol. The summed E-state index contributed by atoms with van der Waals surface area (Å²) >= 11 is 11.1. The van der Waals surface area contributed by atoms with Gasteiger partial charge in [0.15, 0.2) is 16.1 Å². The van der Waals surface area contributed by atoms with E-state index in [2.05, 4.69) is 38.3 Å². The van der Waals surface area contributed by atoms with Gasteiger partial charge < -0.3 is 16.0 Å². The maximum absolute atomic E-state index is 5.73. The van der Waals surface area contributed by atoms with Crippen LogP contribution in [0.2, 0.25) is 5.15 Å². The van der Waals surface area contributed by atoms with Crippen molar-refractivity contribution in [3.8, 4) is 0 Å². The van der Waals surface area contributed by atoms with Crippen LogP contribution in [0.3, 0.4) is 0 Å². The Hall–Kier alpha value is -2.70. The molecule has 0 aliphatic heterocycles. The molecule has 7 heteroatoms. The molecule has 0 saturated heterocycles. The molecule has 0 aliphatic carbocycles. The molecule has 1 heterocycles. The topological polar surface area (TPSA) is 61.9 Å². The lowest BCUT2D eigenvalue weighted by Crippen LogP contribution is -2.30. The van der Waals surface area contributed by atoms with Crippen molar-refractivity contribution in [3.05, 3.63) is 77.4 Å². The predicted molar refractivity (Wildman–Crippen MR) is 111 cm³/mol. The molecule has 0 atom stereocenters. The fourth-order valence-corrected chi connectivity index (χ4v) is 2.63. The van der Waals surface area contributed by atoms with Gasteiger partial charge in [-0.25, -0.2) is 0 Å². The molecule has 0 bridgehead atoms. The van der Waals surface area contributed by atoms with E-state index in [1.54, 1.807) is 12.1 Å². The summed E-state index contributed by atoms with van der Waals surface area (Å²) in [6.07, 6.45) is 0.924. The van der Waals surface area contributed by atoms with Gasteiger partial charge in [-0.15, -0.1) is 10.2 Å². The zero-order valence-corrected chi connectivity index (χ0v) is 15.5. The van der Waals surface area contributed by atoms with E-state index in [1.807, 2.05) is 42.5 Å². The second-order valence-corrected chi connectivity index (χ2v) is 6.36. The van der Waals surface area contributed by atoms with Crippen molar-refractivity contribution >= 4 is 46.1 Å². The highest BCUT2D eigenvalue weighted by Gasteiger charge is 2.00. The molecule has 0 aliphatic rings. The van der Waals surface area contributed by atoms with Gasteiger partial charge in [0.1, 0.15) is 0 Å². The molecule has 3 N–H and O–H groups in total. The Morgan fingerprint density at radius 1 is 0.885 bits per heavy atom. The van der Waals surface area contributed by atoms with Crippen LogP contribution < -0.4 is 16.0 Å². The Morgan fingerprint density at radius 2 is 1.62 bits per heavy atom. The second-order valence-electron chi connectivity index (χ2n) is 5.56. The molecule has 132 valence electrons. The highest BCUT2D eigenvalue weighted by Crippen LogP contribution is 2.17. The maximum Gasteiger partial charge on any atom is 0.170 e. The number of hydrogen-bond acceptors (Lipinski definition) is 4. The molecule has 1 aromatic heterocycles. The molecule has 0 fully saturated rings. The van der Waals surface area contributed by atoms with Crippen molar-refractivity contribution in [3.63, 3.8) is 0 Å². The Bertz CT molecular complexity index is 838. The summed E-state index contributed by atoms with van der Waals surface area (Å²) < 4.78 is 0. The number of benzene rings is 2. The van der Waals surface area contributed by atoms with Crippen LogP contribution in [0.5, 0.6) is 0 Å². The van der Waals surface area contributed by atoms with E-state index in [1.165, 1.54) is 5.56 Å². The zero-order valence-electron chi connectivity index (χ0n) is 13.9. The SMILES string of the molecule is S=C(NCCc1ccccc1)Nc1ccc(Nc2ccc(Cl)nn2)cc1. The highest BCUT2D eigenvalue weighted by molar-refractivity contribution is 7.80. The number of anilines is 3. The van der Waals surface area contributed by atoms with Gasteiger partial charge in [0.2, 0.25) is 0 Å². The Kier molecular flexibility index (Phi) is 6.35. The first-order chi connectivity index (χ1) is 12.7. The minimum Gasteiger partial charge on any atom is -0.362 e. The van der Waals surface area contributed by atoms with Crippen molar-refractivity contribution in [2.45, 2.75) is 6.42 Å². The van der Waals surface area contributed by atoms with Crippen molar-refractivity contribution in [2.24, 2.45) is 0 Å². The summed E-state index contributed by atoms with van der Waals surface area (Å²) in [6.45, 7) is 0.782. The predicted octanol–water partition coefficient (Wildman–Crippen LogP) is 4.40. The molecule has 3 aromatic rings. The second kappa shape index (κ2) is 9.12. The molecule has 0 saturated carbocycles. The lowest BCUT2D eigenvalue weighted by atomic mass is 10.1. The van der Waals surface area contributed by atoms with Crippen LogP contribution >= 0.6 is 23.8 Å². The first kappa shape index (κ1) is 18.1. The van der Waals surface area contributed by atoms with Gasteiger partial charge in [-0.1, -0.05) is 41.9 Å². The average molecular weight is 384 g/mol. The monoisotopic (exact) mass is 383 g/mol. The molecule has 0 unspecified atom stereocenters. The van der Waals surface area contributed by atoms with E-state index >= 15 is 0 Å².